The van der Waals surface area contributed by atoms with E-state index in [-0.39, 0.29) is 69.8 Å². The molecule has 12 nitrogen and oxygen atoms in total. The van der Waals surface area contributed by atoms with Crippen LogP contribution >= 0.6 is 0 Å². The van der Waals surface area contributed by atoms with Crippen molar-refractivity contribution in [2.24, 2.45) is 0 Å². The van der Waals surface area contributed by atoms with Crippen molar-refractivity contribution >= 4 is 45.0 Å². The molecule has 0 unspecified atom stereocenters. The Morgan fingerprint density at radius 2 is 0.727 bits per heavy atom. The molecular formula is C42H52O12Sn. The number of hydrogen-bond donors (Lipinski definition) is 6. The fraction of sp³-hybridized carbons (Fsp3) is 0.333. The Morgan fingerprint density at radius 1 is 0.473 bits per heavy atom. The van der Waals surface area contributed by atoms with Crippen LogP contribution in [0.5, 0.6) is 23.0 Å². The number of benzene rings is 4. The minimum atomic E-state index is -1.05. The summed E-state index contributed by atoms with van der Waals surface area (Å²) in [4.78, 5) is 40.5. The number of phenols is 4. The van der Waals surface area contributed by atoms with Gasteiger partial charge in [0, 0.05) is 11.9 Å². The molecule has 296 valence electrons. The van der Waals surface area contributed by atoms with Crippen LogP contribution < -0.4 is 10.2 Å². The van der Waals surface area contributed by atoms with E-state index in [2.05, 4.69) is 13.8 Å². The Kier molecular flexibility index (Phi) is 28.2. The number of rotatable bonds is 16. The summed E-state index contributed by atoms with van der Waals surface area (Å²) in [6, 6.07) is 25.1. The van der Waals surface area contributed by atoms with Gasteiger partial charge in [-0.3, -0.25) is 9.59 Å². The minimum Gasteiger partial charge on any atom is -0.550 e. The Hall–Kier alpha value is -5.24. The molecule has 0 aliphatic heterocycles. The van der Waals surface area contributed by atoms with E-state index in [0.29, 0.717) is 24.0 Å². The van der Waals surface area contributed by atoms with Crippen LogP contribution in [0.4, 0.5) is 0 Å². The zero-order valence-corrected chi connectivity index (χ0v) is 34.2. The average Bonchev–Trinajstić information content (AvgIpc) is 3.14. The molecule has 0 fully saturated rings. The summed E-state index contributed by atoms with van der Waals surface area (Å²) < 4.78 is 3.25. The van der Waals surface area contributed by atoms with Crippen LogP contribution in [-0.2, 0) is 44.9 Å². The molecule has 13 heteroatoms. The first kappa shape index (κ1) is 49.8. The van der Waals surface area contributed by atoms with Gasteiger partial charge in [0.2, 0.25) is 0 Å². The Bertz CT molecular complexity index is 1500. The van der Waals surface area contributed by atoms with Gasteiger partial charge in [-0.2, -0.15) is 0 Å². The number of phenolic OH excluding ortho intramolecular Hbond substituents is 4. The second kappa shape index (κ2) is 31.1. The van der Waals surface area contributed by atoms with Gasteiger partial charge in [0.1, 0.15) is 23.0 Å². The van der Waals surface area contributed by atoms with Crippen LogP contribution in [0.3, 0.4) is 0 Å². The molecule has 0 atom stereocenters. The molecule has 0 saturated carbocycles. The fourth-order valence-corrected chi connectivity index (χ4v) is 8.28. The van der Waals surface area contributed by atoms with E-state index < -0.39 is 23.9 Å². The van der Waals surface area contributed by atoms with Crippen molar-refractivity contribution < 1.29 is 60.0 Å². The normalized spacial score (nSPS) is 9.49. The van der Waals surface area contributed by atoms with Crippen LogP contribution in [0.1, 0.15) is 74.6 Å². The van der Waals surface area contributed by atoms with Gasteiger partial charge in [-0.15, -0.1) is 0 Å². The Morgan fingerprint density at radius 3 is 0.945 bits per heavy atom. The summed E-state index contributed by atoms with van der Waals surface area (Å²) in [5, 5.41) is 72.4. The maximum absolute atomic E-state index is 10.2. The molecule has 6 N–H and O–H groups in total. The van der Waals surface area contributed by atoms with Crippen molar-refractivity contribution in [1.29, 1.82) is 0 Å². The first-order valence-corrected chi connectivity index (χ1v) is 21.8. The maximum Gasteiger partial charge on any atom is 0.307 e. The zero-order chi connectivity index (χ0) is 41.4. The SMILES string of the molecule is CCC[CH2][Sn+2][CH2]CCC.O=C(O)Cc1ccc(O)cc1.O=C(O)Cc1ccc(O)cc1.O=C([O-])CCc1ccc(O)cc1.O=C([O-])CCc1ccc(O)cc1. The molecular weight excluding hydrogens is 815 g/mol. The molecule has 0 radical (unpaired) electrons. The summed E-state index contributed by atoms with van der Waals surface area (Å²) >= 11 is 0.149. The number of aromatic hydroxyl groups is 4. The van der Waals surface area contributed by atoms with Crippen molar-refractivity contribution in [2.75, 3.05) is 0 Å². The quantitative estimate of drug-likeness (QED) is 0.0621. The molecule has 0 aliphatic rings. The predicted molar refractivity (Wildman–Crippen MR) is 207 cm³/mol. The molecule has 0 saturated heterocycles. The Balaban J connectivity index is 0.000000665. The van der Waals surface area contributed by atoms with Gasteiger partial charge >= 0.3 is 81.5 Å². The molecule has 0 aliphatic carbocycles. The van der Waals surface area contributed by atoms with E-state index in [1.54, 1.807) is 57.4 Å². The maximum atomic E-state index is 10.2. The van der Waals surface area contributed by atoms with Crippen molar-refractivity contribution in [3.05, 3.63) is 119 Å². The van der Waals surface area contributed by atoms with E-state index in [0.717, 1.165) is 11.1 Å². The van der Waals surface area contributed by atoms with E-state index in [4.69, 9.17) is 30.6 Å². The minimum absolute atomic E-state index is 0.000278. The molecule has 0 bridgehead atoms. The molecule has 55 heavy (non-hydrogen) atoms. The summed E-state index contributed by atoms with van der Waals surface area (Å²) in [6.45, 7) is 4.58. The van der Waals surface area contributed by atoms with E-state index in [1.807, 2.05) is 0 Å². The number of unbranched alkanes of at least 4 members (excludes halogenated alkanes) is 2. The fourth-order valence-electron chi connectivity index (χ4n) is 4.12. The number of carboxylic acid groups (broad SMARTS) is 4. The van der Waals surface area contributed by atoms with Crippen LogP contribution in [-0.4, -0.2) is 75.7 Å². The first-order chi connectivity index (χ1) is 26.1. The molecule has 0 amide bonds. The molecule has 0 aromatic heterocycles. The van der Waals surface area contributed by atoms with Gasteiger partial charge in [-0.25, -0.2) is 0 Å². The third kappa shape index (κ3) is 30.9. The standard InChI is InChI=1S/2C9H10O3.2C8H8O3.2C4H9.Sn/c2*10-8-4-1-7(2-5-8)3-6-9(11)12;2*9-7-3-1-6(2-4-7)5-8(10)11;2*1-3-4-2;/h2*1-2,4-5,10H,3,6H2,(H,11,12);2*1-4,9H,5H2,(H,10,11);2*1,3-4H2,2H3;/q;;;;;;+2/p-2. The number of carbonyl (C=O) groups is 4. The molecule has 0 heterocycles. The van der Waals surface area contributed by atoms with Gasteiger partial charge in [0.15, 0.2) is 0 Å². The number of carbonyl (C=O) groups excluding carboxylic acids is 2. The monoisotopic (exact) mass is 868 g/mol. The van der Waals surface area contributed by atoms with Gasteiger partial charge in [0.05, 0.1) is 12.8 Å². The largest absolute Gasteiger partial charge is 0.550 e. The van der Waals surface area contributed by atoms with Crippen molar-refractivity contribution in [1.82, 2.24) is 0 Å². The van der Waals surface area contributed by atoms with E-state index >= 15 is 0 Å². The van der Waals surface area contributed by atoms with Gasteiger partial charge < -0.3 is 50.4 Å². The van der Waals surface area contributed by atoms with Crippen LogP contribution in [0, 0.1) is 0 Å². The summed E-state index contributed by atoms with van der Waals surface area (Å²) in [5.41, 5.74) is 3.15. The number of carboxylic acids is 4. The topological polar surface area (TPSA) is 236 Å². The molecule has 4 aromatic carbocycles. The van der Waals surface area contributed by atoms with Crippen molar-refractivity contribution in [2.45, 2.75) is 86.9 Å². The molecule has 4 aromatic rings. The van der Waals surface area contributed by atoms with E-state index in [1.165, 1.54) is 74.2 Å². The number of aliphatic carboxylic acids is 4. The van der Waals surface area contributed by atoms with Crippen LogP contribution in [0.25, 0.3) is 0 Å². The van der Waals surface area contributed by atoms with Crippen LogP contribution in [0.15, 0.2) is 97.1 Å². The average molecular weight is 868 g/mol. The van der Waals surface area contributed by atoms with E-state index in [9.17, 15) is 29.4 Å². The predicted octanol–water partition coefficient (Wildman–Crippen LogP) is 5.32. The second-order valence-electron chi connectivity index (χ2n) is 12.0. The van der Waals surface area contributed by atoms with Crippen molar-refractivity contribution in [3.63, 3.8) is 0 Å². The first-order valence-electron chi connectivity index (χ1n) is 17.8. The van der Waals surface area contributed by atoms with Gasteiger partial charge in [-0.1, -0.05) is 48.5 Å². The zero-order valence-electron chi connectivity index (χ0n) is 31.4. The smallest absolute Gasteiger partial charge is 0.307 e. The second-order valence-corrected chi connectivity index (χ2v) is 16.3. The summed E-state index contributed by atoms with van der Waals surface area (Å²) in [7, 11) is 0. The number of aryl methyl sites for hydroxylation is 2. The summed E-state index contributed by atoms with van der Waals surface area (Å²) in [6.07, 6.45) is 6.77. The third-order valence-electron chi connectivity index (χ3n) is 7.11. The number of hydrogen-bond acceptors (Lipinski definition) is 10. The van der Waals surface area contributed by atoms with Gasteiger partial charge in [-0.05, 0) is 96.5 Å². The molecule has 0 spiro atoms. The summed E-state index contributed by atoms with van der Waals surface area (Å²) in [5.74, 6) is -3.16. The van der Waals surface area contributed by atoms with Gasteiger partial charge in [0.25, 0.3) is 0 Å². The third-order valence-corrected chi connectivity index (χ3v) is 11.1. The molecule has 4 rings (SSSR count). The van der Waals surface area contributed by atoms with Crippen molar-refractivity contribution in [3.8, 4) is 23.0 Å². The van der Waals surface area contributed by atoms with Crippen LogP contribution in [0.2, 0.25) is 8.87 Å². The Labute approximate surface area is 333 Å².